The van der Waals surface area contributed by atoms with Crippen LogP contribution in [-0.2, 0) is 10.0 Å². The van der Waals surface area contributed by atoms with Crippen molar-refractivity contribution in [3.8, 4) is 0 Å². The SMILES string of the molecule is Cc1ccc(C(C)NS(=O)(=O)c2c(Br)cc(N)cc2Br)s1. The van der Waals surface area contributed by atoms with E-state index in [2.05, 4.69) is 36.6 Å². The maximum atomic E-state index is 12.6. The Morgan fingerprint density at radius 1 is 1.24 bits per heavy atom. The van der Waals surface area contributed by atoms with E-state index >= 15 is 0 Å². The van der Waals surface area contributed by atoms with Crippen molar-refractivity contribution in [1.82, 2.24) is 4.72 Å². The topological polar surface area (TPSA) is 72.2 Å². The number of hydrogen-bond donors (Lipinski definition) is 2. The minimum Gasteiger partial charge on any atom is -0.399 e. The van der Waals surface area contributed by atoms with Crippen molar-refractivity contribution in [3.63, 3.8) is 0 Å². The lowest BCUT2D eigenvalue weighted by Crippen LogP contribution is -2.27. The van der Waals surface area contributed by atoms with Crippen LogP contribution in [0.4, 0.5) is 5.69 Å². The third-order valence-electron chi connectivity index (χ3n) is 2.81. The summed E-state index contributed by atoms with van der Waals surface area (Å²) in [5, 5.41) is 0. The Morgan fingerprint density at radius 3 is 2.29 bits per heavy atom. The summed E-state index contributed by atoms with van der Waals surface area (Å²) in [4.78, 5) is 2.27. The molecule has 3 N–H and O–H groups in total. The van der Waals surface area contributed by atoms with Crippen LogP contribution in [0.2, 0.25) is 0 Å². The fourth-order valence-electron chi connectivity index (χ4n) is 1.87. The minimum atomic E-state index is -3.67. The van der Waals surface area contributed by atoms with Crippen LogP contribution in [0.25, 0.3) is 0 Å². The molecule has 0 radical (unpaired) electrons. The molecule has 1 heterocycles. The average Bonchev–Trinajstić information content (AvgIpc) is 2.73. The third-order valence-corrected chi connectivity index (χ3v) is 7.41. The van der Waals surface area contributed by atoms with Gasteiger partial charge in [0.15, 0.2) is 0 Å². The van der Waals surface area contributed by atoms with E-state index in [0.29, 0.717) is 14.6 Å². The highest BCUT2D eigenvalue weighted by Gasteiger charge is 2.24. The lowest BCUT2D eigenvalue weighted by atomic mass is 10.3. The van der Waals surface area contributed by atoms with Gasteiger partial charge in [-0.15, -0.1) is 11.3 Å². The highest BCUT2D eigenvalue weighted by Crippen LogP contribution is 2.33. The molecule has 0 saturated carbocycles. The molecule has 1 atom stereocenters. The molecule has 2 rings (SSSR count). The second-order valence-corrected chi connectivity index (χ2v) is 9.28. The van der Waals surface area contributed by atoms with Gasteiger partial charge in [0.2, 0.25) is 10.0 Å². The Bertz CT molecular complexity index is 749. The fourth-order valence-corrected chi connectivity index (χ4v) is 6.67. The predicted molar refractivity (Wildman–Crippen MR) is 94.0 cm³/mol. The summed E-state index contributed by atoms with van der Waals surface area (Å²) in [6, 6.07) is 6.74. The fraction of sp³-hybridized carbons (Fsp3) is 0.231. The first kappa shape index (κ1) is 17.0. The average molecular weight is 454 g/mol. The standard InChI is InChI=1S/C13H14Br2N2O2S2/c1-7-3-4-12(20-7)8(2)17-21(18,19)13-10(14)5-9(16)6-11(13)15/h3-6,8,17H,16H2,1-2H3. The maximum Gasteiger partial charge on any atom is 0.243 e. The molecule has 0 amide bonds. The Hall–Kier alpha value is -0.410. The molecule has 1 aromatic heterocycles. The molecule has 1 aromatic carbocycles. The summed E-state index contributed by atoms with van der Waals surface area (Å²) in [5.41, 5.74) is 6.17. The van der Waals surface area contributed by atoms with E-state index in [1.807, 2.05) is 26.0 Å². The van der Waals surface area contributed by atoms with Gasteiger partial charge in [-0.05, 0) is 70.0 Å². The van der Waals surface area contributed by atoms with Gasteiger partial charge in [-0.1, -0.05) is 0 Å². The van der Waals surface area contributed by atoms with Gasteiger partial charge in [-0.3, -0.25) is 0 Å². The molecule has 0 aliphatic heterocycles. The number of thiophene rings is 1. The van der Waals surface area contributed by atoms with Gasteiger partial charge >= 0.3 is 0 Å². The van der Waals surface area contributed by atoms with Crippen LogP contribution >= 0.6 is 43.2 Å². The summed E-state index contributed by atoms with van der Waals surface area (Å²) in [6.07, 6.45) is 0. The summed E-state index contributed by atoms with van der Waals surface area (Å²) in [6.45, 7) is 3.81. The zero-order chi connectivity index (χ0) is 15.8. The Kier molecular flexibility index (Phi) is 5.15. The van der Waals surface area contributed by atoms with E-state index < -0.39 is 10.0 Å². The molecular weight excluding hydrogens is 440 g/mol. The molecule has 0 aliphatic carbocycles. The second kappa shape index (κ2) is 6.37. The number of nitrogens with two attached hydrogens (primary N) is 1. The number of benzene rings is 1. The van der Waals surface area contributed by atoms with Crippen molar-refractivity contribution in [1.29, 1.82) is 0 Å². The first-order chi connectivity index (χ1) is 9.70. The highest BCUT2D eigenvalue weighted by atomic mass is 79.9. The van der Waals surface area contributed by atoms with Gasteiger partial charge in [0.05, 0.1) is 6.04 Å². The lowest BCUT2D eigenvalue weighted by Gasteiger charge is -2.15. The molecule has 21 heavy (non-hydrogen) atoms. The zero-order valence-corrected chi connectivity index (χ0v) is 16.2. The summed E-state index contributed by atoms with van der Waals surface area (Å²) in [7, 11) is -3.67. The number of anilines is 1. The number of rotatable bonds is 4. The lowest BCUT2D eigenvalue weighted by molar-refractivity contribution is 0.567. The van der Waals surface area contributed by atoms with E-state index in [1.165, 1.54) is 0 Å². The molecule has 2 aromatic rings. The molecular formula is C13H14Br2N2O2S2. The summed E-state index contributed by atoms with van der Waals surface area (Å²) in [5.74, 6) is 0. The van der Waals surface area contributed by atoms with Crippen molar-refractivity contribution in [2.45, 2.75) is 24.8 Å². The van der Waals surface area contributed by atoms with Crippen molar-refractivity contribution < 1.29 is 8.42 Å². The van der Waals surface area contributed by atoms with Crippen LogP contribution < -0.4 is 10.5 Å². The summed E-state index contributed by atoms with van der Waals surface area (Å²) >= 11 is 8.09. The number of sulfonamides is 1. The Morgan fingerprint density at radius 2 is 1.81 bits per heavy atom. The normalized spacial score (nSPS) is 13.3. The predicted octanol–water partition coefficient (Wildman–Crippen LogP) is 4.20. The van der Waals surface area contributed by atoms with E-state index in [1.54, 1.807) is 23.5 Å². The quantitative estimate of drug-likeness (QED) is 0.681. The van der Waals surface area contributed by atoms with Gasteiger partial charge in [0.1, 0.15) is 4.90 Å². The molecule has 4 nitrogen and oxygen atoms in total. The van der Waals surface area contributed by atoms with Crippen molar-refractivity contribution in [2.24, 2.45) is 0 Å². The molecule has 8 heteroatoms. The van der Waals surface area contributed by atoms with Crippen molar-refractivity contribution in [2.75, 3.05) is 5.73 Å². The Balaban J connectivity index is 2.35. The first-order valence-corrected chi connectivity index (χ1v) is 9.92. The van der Waals surface area contributed by atoms with E-state index in [-0.39, 0.29) is 10.9 Å². The van der Waals surface area contributed by atoms with Crippen LogP contribution in [0, 0.1) is 6.92 Å². The molecule has 114 valence electrons. The van der Waals surface area contributed by atoms with Crippen LogP contribution in [0.5, 0.6) is 0 Å². The Labute approximate surface area is 145 Å². The third kappa shape index (κ3) is 3.87. The number of nitrogens with one attached hydrogen (secondary N) is 1. The molecule has 0 fully saturated rings. The minimum absolute atomic E-state index is 0.150. The van der Waals surface area contributed by atoms with Gasteiger partial charge in [-0.25, -0.2) is 13.1 Å². The van der Waals surface area contributed by atoms with Crippen LogP contribution in [0.15, 0.2) is 38.1 Å². The molecule has 0 bridgehead atoms. The second-order valence-electron chi connectivity index (χ2n) is 4.61. The van der Waals surface area contributed by atoms with Crippen molar-refractivity contribution >= 4 is 58.9 Å². The number of aryl methyl sites for hydroxylation is 1. The van der Waals surface area contributed by atoms with Crippen LogP contribution in [-0.4, -0.2) is 8.42 Å². The number of halogens is 2. The van der Waals surface area contributed by atoms with E-state index in [0.717, 1.165) is 9.75 Å². The van der Waals surface area contributed by atoms with E-state index in [4.69, 9.17) is 5.73 Å². The van der Waals surface area contributed by atoms with Gasteiger partial charge in [0.25, 0.3) is 0 Å². The van der Waals surface area contributed by atoms with Crippen LogP contribution in [0.3, 0.4) is 0 Å². The summed E-state index contributed by atoms with van der Waals surface area (Å²) < 4.78 is 28.7. The van der Waals surface area contributed by atoms with Gasteiger partial charge in [0, 0.05) is 24.4 Å². The van der Waals surface area contributed by atoms with Crippen LogP contribution in [0.1, 0.15) is 22.7 Å². The van der Waals surface area contributed by atoms with Gasteiger partial charge in [-0.2, -0.15) is 0 Å². The molecule has 1 unspecified atom stereocenters. The monoisotopic (exact) mass is 452 g/mol. The van der Waals surface area contributed by atoms with Gasteiger partial charge < -0.3 is 5.73 Å². The molecule has 0 aliphatic rings. The maximum absolute atomic E-state index is 12.6. The first-order valence-electron chi connectivity index (χ1n) is 6.04. The van der Waals surface area contributed by atoms with Crippen molar-refractivity contribution in [3.05, 3.63) is 43.0 Å². The largest absolute Gasteiger partial charge is 0.399 e. The zero-order valence-electron chi connectivity index (χ0n) is 11.4. The number of hydrogen-bond acceptors (Lipinski definition) is 4. The highest BCUT2D eigenvalue weighted by molar-refractivity contribution is 9.11. The van der Waals surface area contributed by atoms with E-state index in [9.17, 15) is 8.42 Å². The molecule has 0 saturated heterocycles. The smallest absolute Gasteiger partial charge is 0.243 e. The molecule has 0 spiro atoms. The number of nitrogen functional groups attached to an aromatic ring is 1.